The summed E-state index contributed by atoms with van der Waals surface area (Å²) < 4.78 is 5.21. The van der Waals surface area contributed by atoms with Crippen LogP contribution in [0.1, 0.15) is 59.4 Å². The topological polar surface area (TPSA) is 72.5 Å². The van der Waals surface area contributed by atoms with E-state index in [2.05, 4.69) is 11.4 Å². The monoisotopic (exact) mass is 385 g/mol. The molecule has 6 heteroatoms. The zero-order valence-corrected chi connectivity index (χ0v) is 16.1. The number of rotatable bonds is 7. The normalized spacial score (nSPS) is 16.9. The SMILES string of the molecule is C[C@@H](OC(=O)CCC(=O)c1cccs1)C(=O)N[C@@H]1CCCc2ccccc21. The van der Waals surface area contributed by atoms with E-state index < -0.39 is 12.1 Å². The average molecular weight is 385 g/mol. The number of carbonyl (C=O) groups is 3. The molecule has 27 heavy (non-hydrogen) atoms. The fourth-order valence-electron chi connectivity index (χ4n) is 3.28. The zero-order chi connectivity index (χ0) is 19.2. The molecule has 1 aliphatic carbocycles. The van der Waals surface area contributed by atoms with Crippen LogP contribution >= 0.6 is 11.3 Å². The van der Waals surface area contributed by atoms with Crippen molar-refractivity contribution >= 4 is 29.0 Å². The molecule has 0 saturated heterocycles. The fourth-order valence-corrected chi connectivity index (χ4v) is 3.97. The Kier molecular flexibility index (Phi) is 6.40. The van der Waals surface area contributed by atoms with Crippen LogP contribution in [-0.4, -0.2) is 23.8 Å². The smallest absolute Gasteiger partial charge is 0.307 e. The first-order valence-corrected chi connectivity index (χ1v) is 10.1. The molecule has 2 aromatic rings. The molecule has 2 atom stereocenters. The number of benzene rings is 1. The first-order valence-electron chi connectivity index (χ1n) is 9.19. The highest BCUT2D eigenvalue weighted by molar-refractivity contribution is 7.12. The van der Waals surface area contributed by atoms with Crippen molar-refractivity contribution in [2.75, 3.05) is 0 Å². The third-order valence-corrected chi connectivity index (χ3v) is 5.63. The van der Waals surface area contributed by atoms with Crippen molar-refractivity contribution in [3.8, 4) is 0 Å². The molecule has 1 heterocycles. The van der Waals surface area contributed by atoms with Crippen molar-refractivity contribution in [2.45, 2.75) is 51.2 Å². The first kappa shape index (κ1) is 19.3. The maximum atomic E-state index is 12.4. The Morgan fingerprint density at radius 1 is 1.19 bits per heavy atom. The summed E-state index contributed by atoms with van der Waals surface area (Å²) in [7, 11) is 0. The average Bonchev–Trinajstić information content (AvgIpc) is 3.21. The van der Waals surface area contributed by atoms with Gasteiger partial charge in [0.25, 0.3) is 5.91 Å². The molecule has 0 spiro atoms. The summed E-state index contributed by atoms with van der Waals surface area (Å²) in [6.07, 6.45) is 2.08. The quantitative estimate of drug-likeness (QED) is 0.581. The van der Waals surface area contributed by atoms with Crippen LogP contribution in [0.4, 0.5) is 0 Å². The van der Waals surface area contributed by atoms with Crippen LogP contribution in [0, 0.1) is 0 Å². The molecule has 1 amide bonds. The number of thiophene rings is 1. The molecular weight excluding hydrogens is 362 g/mol. The highest BCUT2D eigenvalue weighted by atomic mass is 32.1. The lowest BCUT2D eigenvalue weighted by atomic mass is 9.87. The standard InChI is InChI=1S/C21H23NO4S/c1-14(26-20(24)12-11-18(23)19-10-5-13-27-19)21(25)22-17-9-4-7-15-6-2-3-8-16(15)17/h2-3,5-6,8,10,13-14,17H,4,7,9,11-12H2,1H3,(H,22,25)/t14-,17-/m1/s1. The van der Waals surface area contributed by atoms with Crippen molar-refractivity contribution in [1.82, 2.24) is 5.32 Å². The minimum atomic E-state index is -0.886. The lowest BCUT2D eigenvalue weighted by molar-refractivity contribution is -0.155. The summed E-state index contributed by atoms with van der Waals surface area (Å²) in [5, 5.41) is 4.81. The summed E-state index contributed by atoms with van der Waals surface area (Å²) in [5.74, 6) is -0.931. The molecule has 5 nitrogen and oxygen atoms in total. The Morgan fingerprint density at radius 2 is 2.00 bits per heavy atom. The molecule has 0 aliphatic heterocycles. The van der Waals surface area contributed by atoms with Crippen molar-refractivity contribution in [3.63, 3.8) is 0 Å². The highest BCUT2D eigenvalue weighted by Crippen LogP contribution is 2.29. The van der Waals surface area contributed by atoms with Gasteiger partial charge < -0.3 is 10.1 Å². The van der Waals surface area contributed by atoms with Gasteiger partial charge >= 0.3 is 5.97 Å². The van der Waals surface area contributed by atoms with Gasteiger partial charge in [-0.1, -0.05) is 30.3 Å². The molecule has 0 radical (unpaired) electrons. The largest absolute Gasteiger partial charge is 0.453 e. The van der Waals surface area contributed by atoms with Crippen LogP contribution in [0.3, 0.4) is 0 Å². The predicted molar refractivity (Wildman–Crippen MR) is 104 cm³/mol. The van der Waals surface area contributed by atoms with Crippen molar-refractivity contribution in [2.24, 2.45) is 0 Å². The minimum Gasteiger partial charge on any atom is -0.453 e. The molecule has 1 aliphatic rings. The molecule has 3 rings (SSSR count). The van der Waals surface area contributed by atoms with Gasteiger partial charge in [-0.05, 0) is 48.8 Å². The van der Waals surface area contributed by atoms with Crippen LogP contribution in [0.15, 0.2) is 41.8 Å². The van der Waals surface area contributed by atoms with E-state index in [0.717, 1.165) is 24.8 Å². The third-order valence-electron chi connectivity index (χ3n) is 4.72. The molecule has 0 bridgehead atoms. The van der Waals surface area contributed by atoms with E-state index in [-0.39, 0.29) is 30.6 Å². The van der Waals surface area contributed by atoms with Crippen LogP contribution < -0.4 is 5.32 Å². The van der Waals surface area contributed by atoms with Crippen LogP contribution in [-0.2, 0) is 20.7 Å². The van der Waals surface area contributed by atoms with Crippen molar-refractivity contribution in [3.05, 3.63) is 57.8 Å². The number of fused-ring (bicyclic) bond motifs is 1. The van der Waals surface area contributed by atoms with Crippen LogP contribution in [0.5, 0.6) is 0 Å². The fraction of sp³-hybridized carbons (Fsp3) is 0.381. The number of carbonyl (C=O) groups excluding carboxylic acids is 3. The molecular formula is C21H23NO4S. The van der Waals surface area contributed by atoms with Gasteiger partial charge in [-0.15, -0.1) is 11.3 Å². The van der Waals surface area contributed by atoms with Gasteiger partial charge in [0.05, 0.1) is 17.3 Å². The molecule has 0 fully saturated rings. The van der Waals surface area contributed by atoms with E-state index in [0.29, 0.717) is 4.88 Å². The lowest BCUT2D eigenvalue weighted by Crippen LogP contribution is -2.39. The van der Waals surface area contributed by atoms with Gasteiger partial charge in [-0.3, -0.25) is 14.4 Å². The summed E-state index contributed by atoms with van der Waals surface area (Å²) in [5.41, 5.74) is 2.39. The van der Waals surface area contributed by atoms with Crippen molar-refractivity contribution < 1.29 is 19.1 Å². The van der Waals surface area contributed by atoms with Crippen LogP contribution in [0.25, 0.3) is 0 Å². The highest BCUT2D eigenvalue weighted by Gasteiger charge is 2.25. The lowest BCUT2D eigenvalue weighted by Gasteiger charge is -2.27. The maximum Gasteiger partial charge on any atom is 0.307 e. The van der Waals surface area contributed by atoms with E-state index in [9.17, 15) is 14.4 Å². The number of nitrogens with one attached hydrogen (secondary N) is 1. The Morgan fingerprint density at radius 3 is 2.78 bits per heavy atom. The zero-order valence-electron chi connectivity index (χ0n) is 15.3. The van der Waals surface area contributed by atoms with Gasteiger partial charge in [0.2, 0.25) is 0 Å². The van der Waals surface area contributed by atoms with Gasteiger partial charge in [0, 0.05) is 6.42 Å². The molecule has 1 aromatic heterocycles. The number of ketones is 1. The minimum absolute atomic E-state index is 0.0272. The van der Waals surface area contributed by atoms with E-state index >= 15 is 0 Å². The van der Waals surface area contributed by atoms with Gasteiger partial charge in [-0.2, -0.15) is 0 Å². The van der Waals surface area contributed by atoms with E-state index in [1.54, 1.807) is 19.1 Å². The number of ether oxygens (including phenoxy) is 1. The second-order valence-corrected chi connectivity index (χ2v) is 7.63. The molecule has 0 saturated carbocycles. The van der Waals surface area contributed by atoms with Gasteiger partial charge in [0.15, 0.2) is 11.9 Å². The second kappa shape index (κ2) is 8.95. The summed E-state index contributed by atoms with van der Waals surface area (Å²) >= 11 is 1.35. The Hall–Kier alpha value is -2.47. The number of hydrogen-bond donors (Lipinski definition) is 1. The number of esters is 1. The second-order valence-electron chi connectivity index (χ2n) is 6.68. The maximum absolute atomic E-state index is 12.4. The number of hydrogen-bond acceptors (Lipinski definition) is 5. The number of Topliss-reactive ketones (excluding diaryl/α,β-unsaturated/α-hetero) is 1. The first-order chi connectivity index (χ1) is 13.0. The Labute approximate surface area is 162 Å². The Balaban J connectivity index is 1.48. The summed E-state index contributed by atoms with van der Waals surface area (Å²) in [4.78, 5) is 37.0. The predicted octanol–water partition coefficient (Wildman–Crippen LogP) is 3.84. The molecule has 1 aromatic carbocycles. The van der Waals surface area contributed by atoms with E-state index in [1.165, 1.54) is 16.9 Å². The summed E-state index contributed by atoms with van der Waals surface area (Å²) in [6, 6.07) is 11.6. The Bertz CT molecular complexity index is 815. The molecule has 142 valence electrons. The third kappa shape index (κ3) is 5.04. The van der Waals surface area contributed by atoms with Gasteiger partial charge in [0.1, 0.15) is 0 Å². The van der Waals surface area contributed by atoms with Crippen LogP contribution in [0.2, 0.25) is 0 Å². The molecule has 0 unspecified atom stereocenters. The number of aryl methyl sites for hydroxylation is 1. The molecule has 1 N–H and O–H groups in total. The summed E-state index contributed by atoms with van der Waals surface area (Å²) in [6.45, 7) is 1.56. The van der Waals surface area contributed by atoms with E-state index in [4.69, 9.17) is 4.74 Å². The number of amides is 1. The van der Waals surface area contributed by atoms with Gasteiger partial charge in [-0.25, -0.2) is 0 Å². The van der Waals surface area contributed by atoms with Crippen molar-refractivity contribution in [1.29, 1.82) is 0 Å². The van der Waals surface area contributed by atoms with E-state index in [1.807, 2.05) is 23.6 Å².